The number of nitrogens with two attached hydrogens (primary N) is 1. The normalized spacial score (nSPS) is 11.0. The van der Waals surface area contributed by atoms with Crippen LogP contribution in [0.25, 0.3) is 22.5 Å². The molecule has 0 spiro atoms. The van der Waals surface area contributed by atoms with E-state index in [1.54, 1.807) is 24.5 Å². The van der Waals surface area contributed by atoms with E-state index in [4.69, 9.17) is 26.3 Å². The molecule has 2 aromatic heterocycles. The Labute approximate surface area is 125 Å². The van der Waals surface area contributed by atoms with Crippen LogP contribution in [0, 0.1) is 5.82 Å². The molecule has 3 rings (SSSR count). The molecule has 0 aliphatic carbocycles. The minimum Gasteiger partial charge on any atom is -0.469 e. The third kappa shape index (κ3) is 2.19. The van der Waals surface area contributed by atoms with E-state index in [1.165, 1.54) is 6.07 Å². The van der Waals surface area contributed by atoms with Crippen molar-refractivity contribution < 1.29 is 13.3 Å². The third-order valence-corrected chi connectivity index (χ3v) is 3.54. The van der Waals surface area contributed by atoms with Gasteiger partial charge in [-0.2, -0.15) is 0 Å². The lowest BCUT2D eigenvalue weighted by atomic mass is 10.0. The lowest BCUT2D eigenvalue weighted by Gasteiger charge is -2.05. The van der Waals surface area contributed by atoms with Crippen molar-refractivity contribution in [1.82, 2.24) is 5.16 Å². The van der Waals surface area contributed by atoms with E-state index in [0.717, 1.165) is 5.76 Å². The van der Waals surface area contributed by atoms with E-state index in [0.29, 0.717) is 23.3 Å². The van der Waals surface area contributed by atoms with Crippen LogP contribution in [0.5, 0.6) is 0 Å². The van der Waals surface area contributed by atoms with Crippen LogP contribution in [0.4, 0.5) is 10.2 Å². The van der Waals surface area contributed by atoms with E-state index in [9.17, 15) is 4.39 Å². The van der Waals surface area contributed by atoms with Gasteiger partial charge >= 0.3 is 0 Å². The zero-order valence-corrected chi connectivity index (χ0v) is 11.9. The van der Waals surface area contributed by atoms with Crippen LogP contribution in [-0.2, 0) is 6.42 Å². The highest BCUT2D eigenvalue weighted by Gasteiger charge is 2.24. The van der Waals surface area contributed by atoms with Gasteiger partial charge in [-0.25, -0.2) is 4.39 Å². The summed E-state index contributed by atoms with van der Waals surface area (Å²) in [6.45, 7) is 1.95. The molecule has 0 saturated heterocycles. The predicted molar refractivity (Wildman–Crippen MR) is 78.4 cm³/mol. The summed E-state index contributed by atoms with van der Waals surface area (Å²) in [6, 6.07) is 6.44. The largest absolute Gasteiger partial charge is 0.469 e. The molecule has 0 saturated carbocycles. The number of hydrogen-bond acceptors (Lipinski definition) is 4. The van der Waals surface area contributed by atoms with Crippen LogP contribution >= 0.6 is 11.6 Å². The zero-order valence-electron chi connectivity index (χ0n) is 11.2. The standard InChI is InChI=1S/C15H12ClFN2O2/c1-2-11-8(6-7-20-11)14-12(15(18)19-21-14)9-4-3-5-10(16)13(9)17/h3-7H,2H2,1H3,(H2,18,19). The number of benzene rings is 1. The number of rotatable bonds is 3. The van der Waals surface area contributed by atoms with E-state index >= 15 is 0 Å². The van der Waals surface area contributed by atoms with Crippen LogP contribution in [0.2, 0.25) is 5.02 Å². The molecule has 0 fully saturated rings. The number of aromatic nitrogens is 1. The zero-order chi connectivity index (χ0) is 15.0. The second kappa shape index (κ2) is 5.26. The SMILES string of the molecule is CCc1occc1-c1onc(N)c1-c1cccc(Cl)c1F. The van der Waals surface area contributed by atoms with Gasteiger partial charge in [0.15, 0.2) is 11.6 Å². The van der Waals surface area contributed by atoms with E-state index in [2.05, 4.69) is 5.16 Å². The minimum absolute atomic E-state index is 0.0157. The van der Waals surface area contributed by atoms with Crippen LogP contribution in [0.15, 0.2) is 39.5 Å². The smallest absolute Gasteiger partial charge is 0.180 e. The molecule has 21 heavy (non-hydrogen) atoms. The van der Waals surface area contributed by atoms with Crippen molar-refractivity contribution >= 4 is 17.4 Å². The Morgan fingerprint density at radius 2 is 2.10 bits per heavy atom. The van der Waals surface area contributed by atoms with Crippen molar-refractivity contribution in [3.8, 4) is 22.5 Å². The molecule has 1 aromatic carbocycles. The molecule has 6 heteroatoms. The van der Waals surface area contributed by atoms with Gasteiger partial charge in [0.25, 0.3) is 0 Å². The molecule has 2 N–H and O–H groups in total. The molecular weight excluding hydrogens is 295 g/mol. The Balaban J connectivity index is 2.25. The van der Waals surface area contributed by atoms with Crippen LogP contribution in [-0.4, -0.2) is 5.16 Å². The second-order valence-corrected chi connectivity index (χ2v) is 4.89. The summed E-state index contributed by atoms with van der Waals surface area (Å²) in [4.78, 5) is 0. The highest BCUT2D eigenvalue weighted by Crippen LogP contribution is 2.40. The summed E-state index contributed by atoms with van der Waals surface area (Å²) < 4.78 is 24.9. The van der Waals surface area contributed by atoms with E-state index < -0.39 is 5.82 Å². The van der Waals surface area contributed by atoms with E-state index in [1.807, 2.05) is 6.92 Å². The molecule has 3 aromatic rings. The molecule has 0 unspecified atom stereocenters. The Hall–Kier alpha value is -2.27. The first kappa shape index (κ1) is 13.7. The topological polar surface area (TPSA) is 65.2 Å². The molecule has 4 nitrogen and oxygen atoms in total. The van der Waals surface area contributed by atoms with Crippen LogP contribution in [0.3, 0.4) is 0 Å². The summed E-state index contributed by atoms with van der Waals surface area (Å²) in [7, 11) is 0. The lowest BCUT2D eigenvalue weighted by molar-refractivity contribution is 0.433. The first-order valence-corrected chi connectivity index (χ1v) is 6.77. The fourth-order valence-corrected chi connectivity index (χ4v) is 2.43. The average molecular weight is 307 g/mol. The van der Waals surface area contributed by atoms with Crippen LogP contribution in [0.1, 0.15) is 12.7 Å². The van der Waals surface area contributed by atoms with Crippen molar-refractivity contribution in [1.29, 1.82) is 0 Å². The maximum absolute atomic E-state index is 14.3. The van der Waals surface area contributed by atoms with Gasteiger partial charge in [0.1, 0.15) is 11.6 Å². The Bertz CT molecular complexity index is 795. The fraction of sp³-hybridized carbons (Fsp3) is 0.133. The first-order chi connectivity index (χ1) is 10.1. The quantitative estimate of drug-likeness (QED) is 0.771. The molecule has 0 atom stereocenters. The van der Waals surface area contributed by atoms with Crippen LogP contribution < -0.4 is 5.73 Å². The molecule has 0 amide bonds. The molecule has 108 valence electrons. The third-order valence-electron chi connectivity index (χ3n) is 3.25. The maximum Gasteiger partial charge on any atom is 0.180 e. The Morgan fingerprint density at radius 1 is 1.29 bits per heavy atom. The monoisotopic (exact) mass is 306 g/mol. The molecule has 0 radical (unpaired) electrons. The predicted octanol–water partition coefficient (Wildman–Crippen LogP) is 4.54. The molecule has 0 aliphatic rings. The van der Waals surface area contributed by atoms with Gasteiger partial charge < -0.3 is 14.7 Å². The van der Waals surface area contributed by atoms with Gasteiger partial charge in [-0.05, 0) is 12.1 Å². The fourth-order valence-electron chi connectivity index (χ4n) is 2.26. The average Bonchev–Trinajstić information content (AvgIpc) is 3.08. The van der Waals surface area contributed by atoms with Gasteiger partial charge in [0.2, 0.25) is 0 Å². The summed E-state index contributed by atoms with van der Waals surface area (Å²) in [5.74, 6) is 0.639. The number of furan rings is 1. The highest BCUT2D eigenvalue weighted by atomic mass is 35.5. The van der Waals surface area contributed by atoms with Gasteiger partial charge in [-0.15, -0.1) is 0 Å². The lowest BCUT2D eigenvalue weighted by Crippen LogP contribution is -1.92. The number of nitrogens with zero attached hydrogens (tertiary/aromatic N) is 1. The molecule has 2 heterocycles. The summed E-state index contributed by atoms with van der Waals surface area (Å²) in [6.07, 6.45) is 2.21. The minimum atomic E-state index is -0.558. The number of aryl methyl sites for hydroxylation is 1. The summed E-state index contributed by atoms with van der Waals surface area (Å²) in [5, 5.41) is 3.76. The van der Waals surface area contributed by atoms with Gasteiger partial charge in [0.05, 0.1) is 22.4 Å². The number of hydrogen-bond donors (Lipinski definition) is 1. The molecule has 0 bridgehead atoms. The van der Waals surface area contributed by atoms with Gasteiger partial charge in [0, 0.05) is 12.0 Å². The van der Waals surface area contributed by atoms with Crippen molar-refractivity contribution in [2.45, 2.75) is 13.3 Å². The molecule has 0 aliphatic heterocycles. The number of anilines is 1. The van der Waals surface area contributed by atoms with E-state index in [-0.39, 0.29) is 16.4 Å². The van der Waals surface area contributed by atoms with Crippen molar-refractivity contribution in [3.05, 3.63) is 47.1 Å². The number of halogens is 2. The Morgan fingerprint density at radius 3 is 2.86 bits per heavy atom. The summed E-state index contributed by atoms with van der Waals surface area (Å²) >= 11 is 5.83. The molecular formula is C15H12ClFN2O2. The highest BCUT2D eigenvalue weighted by molar-refractivity contribution is 6.31. The summed E-state index contributed by atoms with van der Waals surface area (Å²) in [5.41, 5.74) is 7.18. The second-order valence-electron chi connectivity index (χ2n) is 4.48. The van der Waals surface area contributed by atoms with Crippen molar-refractivity contribution in [2.24, 2.45) is 0 Å². The number of nitrogen functional groups attached to an aromatic ring is 1. The van der Waals surface area contributed by atoms with Gasteiger partial charge in [-0.1, -0.05) is 35.8 Å². The van der Waals surface area contributed by atoms with Gasteiger partial charge in [-0.3, -0.25) is 0 Å². The van der Waals surface area contributed by atoms with Crippen molar-refractivity contribution in [3.63, 3.8) is 0 Å². The van der Waals surface area contributed by atoms with Crippen molar-refractivity contribution in [2.75, 3.05) is 5.73 Å². The maximum atomic E-state index is 14.3. The first-order valence-electron chi connectivity index (χ1n) is 6.39. The Kier molecular flexibility index (Phi) is 3.43.